The summed E-state index contributed by atoms with van der Waals surface area (Å²) in [5.74, 6) is 0.584. The van der Waals surface area contributed by atoms with E-state index in [1.807, 2.05) is 12.1 Å². The molecule has 0 bridgehead atoms. The molecule has 1 heterocycles. The van der Waals surface area contributed by atoms with Crippen molar-refractivity contribution in [3.63, 3.8) is 0 Å². The van der Waals surface area contributed by atoms with Crippen LogP contribution in [-0.4, -0.2) is 10.8 Å². The van der Waals surface area contributed by atoms with E-state index in [1.54, 1.807) is 25.3 Å². The van der Waals surface area contributed by atoms with Crippen LogP contribution in [0.4, 0.5) is 0 Å². The molecule has 15 heavy (non-hydrogen) atoms. The van der Waals surface area contributed by atoms with Crippen LogP contribution in [0.25, 0.3) is 11.5 Å². The number of nitrogens with zero attached hydrogens (tertiary/aromatic N) is 1. The Hall–Kier alpha value is -1.17. The molecular formula is C11H8INO2. The molecule has 1 aromatic heterocycles. The van der Waals surface area contributed by atoms with Crippen LogP contribution < -0.4 is 0 Å². The van der Waals surface area contributed by atoms with Crippen LogP contribution in [0, 0.1) is 3.70 Å². The predicted octanol–water partition coefficient (Wildman–Crippen LogP) is 3.15. The molecule has 1 aromatic carbocycles. The van der Waals surface area contributed by atoms with Crippen molar-refractivity contribution >= 4 is 28.4 Å². The van der Waals surface area contributed by atoms with E-state index in [4.69, 9.17) is 4.42 Å². The number of oxazole rings is 1. The molecule has 0 aliphatic carbocycles. The summed E-state index contributed by atoms with van der Waals surface area (Å²) in [7, 11) is 0. The summed E-state index contributed by atoms with van der Waals surface area (Å²) in [5, 5.41) is 0. The quantitative estimate of drug-likeness (QED) is 0.632. The molecule has 0 aliphatic rings. The Kier molecular flexibility index (Phi) is 2.86. The van der Waals surface area contributed by atoms with Crippen molar-refractivity contribution in [1.29, 1.82) is 0 Å². The van der Waals surface area contributed by atoms with Gasteiger partial charge in [-0.05, 0) is 41.6 Å². The molecule has 0 spiro atoms. The first kappa shape index (κ1) is 10.4. The van der Waals surface area contributed by atoms with Crippen molar-refractivity contribution in [3.8, 4) is 11.5 Å². The van der Waals surface area contributed by atoms with Crippen LogP contribution in [0.1, 0.15) is 17.3 Å². The van der Waals surface area contributed by atoms with Crippen molar-refractivity contribution in [3.05, 3.63) is 39.8 Å². The van der Waals surface area contributed by atoms with Crippen molar-refractivity contribution in [2.45, 2.75) is 6.92 Å². The summed E-state index contributed by atoms with van der Waals surface area (Å²) >= 11 is 2.08. The molecule has 0 atom stereocenters. The van der Waals surface area contributed by atoms with Crippen LogP contribution >= 0.6 is 22.6 Å². The van der Waals surface area contributed by atoms with Gasteiger partial charge in [0.2, 0.25) is 5.89 Å². The lowest BCUT2D eigenvalue weighted by Gasteiger charge is -1.98. The minimum atomic E-state index is 0.0399. The van der Waals surface area contributed by atoms with Gasteiger partial charge in [0.15, 0.2) is 5.78 Å². The highest BCUT2D eigenvalue weighted by Gasteiger charge is 2.07. The van der Waals surface area contributed by atoms with Crippen LogP contribution in [0.15, 0.2) is 34.9 Å². The van der Waals surface area contributed by atoms with Gasteiger partial charge in [-0.1, -0.05) is 12.1 Å². The van der Waals surface area contributed by atoms with Crippen molar-refractivity contribution in [2.24, 2.45) is 0 Å². The lowest BCUT2D eigenvalue weighted by Crippen LogP contribution is -1.91. The monoisotopic (exact) mass is 313 g/mol. The van der Waals surface area contributed by atoms with Crippen LogP contribution in [-0.2, 0) is 0 Å². The predicted molar refractivity (Wildman–Crippen MR) is 64.7 cm³/mol. The summed E-state index contributed by atoms with van der Waals surface area (Å²) in [6.45, 7) is 1.54. The average molecular weight is 313 g/mol. The molecule has 0 fully saturated rings. The highest BCUT2D eigenvalue weighted by molar-refractivity contribution is 14.1. The Labute approximate surface area is 101 Å². The van der Waals surface area contributed by atoms with E-state index in [-0.39, 0.29) is 5.78 Å². The highest BCUT2D eigenvalue weighted by atomic mass is 127. The molecular weight excluding hydrogens is 305 g/mol. The number of carbonyl (C=O) groups excluding carboxylic acids is 1. The molecule has 3 nitrogen and oxygen atoms in total. The van der Waals surface area contributed by atoms with E-state index in [0.29, 0.717) is 11.5 Å². The summed E-state index contributed by atoms with van der Waals surface area (Å²) in [5.41, 5.74) is 1.49. The fraction of sp³-hybridized carbons (Fsp3) is 0.0909. The molecule has 0 radical (unpaired) electrons. The van der Waals surface area contributed by atoms with E-state index in [9.17, 15) is 4.79 Å². The summed E-state index contributed by atoms with van der Waals surface area (Å²) < 4.78 is 6.06. The number of carbonyl (C=O) groups is 1. The van der Waals surface area contributed by atoms with Gasteiger partial charge >= 0.3 is 0 Å². The molecule has 4 heteroatoms. The lowest BCUT2D eigenvalue weighted by atomic mass is 10.1. The molecule has 2 rings (SSSR count). The van der Waals surface area contributed by atoms with Gasteiger partial charge in [-0.25, -0.2) is 4.98 Å². The second kappa shape index (κ2) is 4.14. The largest absolute Gasteiger partial charge is 0.443 e. The van der Waals surface area contributed by atoms with Gasteiger partial charge < -0.3 is 4.42 Å². The normalized spacial score (nSPS) is 10.3. The lowest BCUT2D eigenvalue weighted by molar-refractivity contribution is 0.101. The van der Waals surface area contributed by atoms with Crippen LogP contribution in [0.2, 0.25) is 0 Å². The van der Waals surface area contributed by atoms with Gasteiger partial charge in [-0.2, -0.15) is 0 Å². The van der Waals surface area contributed by atoms with E-state index in [0.717, 1.165) is 9.26 Å². The van der Waals surface area contributed by atoms with Crippen LogP contribution in [0.3, 0.4) is 0 Å². The molecule has 0 saturated carbocycles. The Morgan fingerprint density at radius 3 is 2.87 bits per heavy atom. The Morgan fingerprint density at radius 1 is 1.47 bits per heavy atom. The number of hydrogen-bond donors (Lipinski definition) is 0. The van der Waals surface area contributed by atoms with Gasteiger partial charge in [-0.15, -0.1) is 0 Å². The zero-order valence-electron chi connectivity index (χ0n) is 8.03. The minimum absolute atomic E-state index is 0.0399. The first-order valence-electron chi connectivity index (χ1n) is 4.39. The van der Waals surface area contributed by atoms with E-state index in [1.165, 1.54) is 0 Å². The average Bonchev–Trinajstić information content (AvgIpc) is 2.65. The zero-order chi connectivity index (χ0) is 10.8. The number of halogens is 1. The summed E-state index contributed by atoms with van der Waals surface area (Å²) in [4.78, 5) is 15.4. The van der Waals surface area contributed by atoms with E-state index in [2.05, 4.69) is 27.6 Å². The second-order valence-corrected chi connectivity index (χ2v) is 4.22. The topological polar surface area (TPSA) is 43.1 Å². The van der Waals surface area contributed by atoms with E-state index < -0.39 is 0 Å². The third kappa shape index (κ3) is 2.26. The number of aromatic nitrogens is 1. The maximum atomic E-state index is 11.2. The smallest absolute Gasteiger partial charge is 0.226 e. The Bertz CT molecular complexity index is 505. The SMILES string of the molecule is CC(=O)c1cccc(-c2nc(I)co2)c1. The highest BCUT2D eigenvalue weighted by Crippen LogP contribution is 2.20. The fourth-order valence-corrected chi connectivity index (χ4v) is 1.60. The Balaban J connectivity index is 2.45. The molecule has 2 aromatic rings. The first-order chi connectivity index (χ1) is 7.16. The molecule has 0 saturated heterocycles. The number of rotatable bonds is 2. The first-order valence-corrected chi connectivity index (χ1v) is 5.47. The van der Waals surface area contributed by atoms with Crippen molar-refractivity contribution in [2.75, 3.05) is 0 Å². The van der Waals surface area contributed by atoms with Crippen LogP contribution in [0.5, 0.6) is 0 Å². The fourth-order valence-electron chi connectivity index (χ4n) is 1.26. The van der Waals surface area contributed by atoms with E-state index >= 15 is 0 Å². The third-order valence-corrected chi connectivity index (χ3v) is 2.49. The molecule has 0 aliphatic heterocycles. The summed E-state index contributed by atoms with van der Waals surface area (Å²) in [6.07, 6.45) is 1.58. The van der Waals surface area contributed by atoms with Crippen molar-refractivity contribution < 1.29 is 9.21 Å². The summed E-state index contributed by atoms with van der Waals surface area (Å²) in [6, 6.07) is 7.25. The maximum Gasteiger partial charge on any atom is 0.226 e. The third-order valence-electron chi connectivity index (χ3n) is 1.99. The van der Waals surface area contributed by atoms with Gasteiger partial charge in [0.05, 0.1) is 0 Å². The minimum Gasteiger partial charge on any atom is -0.443 e. The van der Waals surface area contributed by atoms with Crippen molar-refractivity contribution in [1.82, 2.24) is 4.98 Å². The zero-order valence-corrected chi connectivity index (χ0v) is 10.2. The number of ketones is 1. The standard InChI is InChI=1S/C11H8INO2/c1-7(14)8-3-2-4-9(5-8)11-13-10(12)6-15-11/h2-6H,1H3. The molecule has 0 N–H and O–H groups in total. The molecule has 0 amide bonds. The second-order valence-electron chi connectivity index (χ2n) is 3.11. The molecule has 76 valence electrons. The van der Waals surface area contributed by atoms with Gasteiger partial charge in [0, 0.05) is 11.1 Å². The van der Waals surface area contributed by atoms with Gasteiger partial charge in [-0.3, -0.25) is 4.79 Å². The molecule has 0 unspecified atom stereocenters. The number of benzene rings is 1. The van der Waals surface area contributed by atoms with Gasteiger partial charge in [0.25, 0.3) is 0 Å². The number of hydrogen-bond acceptors (Lipinski definition) is 3. The Morgan fingerprint density at radius 2 is 2.27 bits per heavy atom. The van der Waals surface area contributed by atoms with Gasteiger partial charge in [0.1, 0.15) is 9.96 Å². The maximum absolute atomic E-state index is 11.2. The number of Topliss-reactive ketones (excluding diaryl/α,β-unsaturated/α-hetero) is 1.